The molecule has 1 rings (SSSR count). The van der Waals surface area contributed by atoms with Crippen molar-refractivity contribution in [2.24, 2.45) is 0 Å². The molecule has 0 heterocycles. The van der Waals surface area contributed by atoms with Crippen molar-refractivity contribution < 1.29 is 26.0 Å². The quantitative estimate of drug-likeness (QED) is 0.557. The van der Waals surface area contributed by atoms with Crippen LogP contribution in [0.15, 0.2) is 4.90 Å². The summed E-state index contributed by atoms with van der Waals surface area (Å²) in [6, 6.07) is 0. The van der Waals surface area contributed by atoms with Crippen molar-refractivity contribution in [1.29, 1.82) is 0 Å². The van der Waals surface area contributed by atoms with Crippen molar-refractivity contribution in [2.75, 3.05) is 6.26 Å². The minimum Gasteiger partial charge on any atom is -0.224 e. The van der Waals surface area contributed by atoms with Crippen molar-refractivity contribution >= 4 is 9.84 Å². The first-order valence-electron chi connectivity index (χ1n) is 3.70. The molecule has 0 saturated heterocycles. The Bertz CT molecular complexity index is 493. The molecule has 0 fully saturated rings. The van der Waals surface area contributed by atoms with Crippen molar-refractivity contribution in [1.82, 2.24) is 0 Å². The topological polar surface area (TPSA) is 34.1 Å². The lowest BCUT2D eigenvalue weighted by Gasteiger charge is -2.07. The molecule has 84 valence electrons. The van der Waals surface area contributed by atoms with Gasteiger partial charge in [0.2, 0.25) is 0 Å². The molecule has 0 aliphatic carbocycles. The van der Waals surface area contributed by atoms with Crippen LogP contribution in [-0.4, -0.2) is 14.7 Å². The van der Waals surface area contributed by atoms with Gasteiger partial charge in [-0.25, -0.2) is 26.0 Å². The van der Waals surface area contributed by atoms with Crippen molar-refractivity contribution in [2.45, 2.75) is 11.8 Å². The average Bonchev–Trinajstić information content (AvgIpc) is 2.09. The van der Waals surface area contributed by atoms with Crippen LogP contribution in [0.5, 0.6) is 0 Å². The molecule has 0 amide bonds. The van der Waals surface area contributed by atoms with E-state index < -0.39 is 43.6 Å². The first kappa shape index (κ1) is 12.0. The van der Waals surface area contributed by atoms with E-state index in [1.165, 1.54) is 0 Å². The van der Waals surface area contributed by atoms with Crippen LogP contribution in [0.3, 0.4) is 0 Å². The predicted molar refractivity (Wildman–Crippen MR) is 44.1 cm³/mol. The van der Waals surface area contributed by atoms with Crippen LogP contribution < -0.4 is 0 Å². The monoisotopic (exact) mass is 242 g/mol. The van der Waals surface area contributed by atoms with Gasteiger partial charge in [0.1, 0.15) is 4.90 Å². The Morgan fingerprint density at radius 2 is 1.20 bits per heavy atom. The van der Waals surface area contributed by atoms with Gasteiger partial charge in [0.05, 0.1) is 0 Å². The molecule has 2 nitrogen and oxygen atoms in total. The maximum absolute atomic E-state index is 13.0. The molecular formula is C8H6F4O2S. The second kappa shape index (κ2) is 3.48. The molecule has 0 spiro atoms. The molecule has 0 atom stereocenters. The van der Waals surface area contributed by atoms with E-state index in [0.29, 0.717) is 6.26 Å². The maximum atomic E-state index is 13.0. The Morgan fingerprint density at radius 3 is 1.47 bits per heavy atom. The summed E-state index contributed by atoms with van der Waals surface area (Å²) < 4.78 is 73.7. The maximum Gasteiger partial charge on any atom is 0.181 e. The summed E-state index contributed by atoms with van der Waals surface area (Å²) in [5.74, 6) is -7.19. The molecule has 0 N–H and O–H groups in total. The summed E-state index contributed by atoms with van der Waals surface area (Å²) in [7, 11) is -4.36. The van der Waals surface area contributed by atoms with E-state index in [2.05, 4.69) is 0 Å². The van der Waals surface area contributed by atoms with Gasteiger partial charge in [-0.05, 0) is 6.92 Å². The predicted octanol–water partition coefficient (Wildman–Crippen LogP) is 1.95. The fourth-order valence-electron chi connectivity index (χ4n) is 1.05. The third-order valence-corrected chi connectivity index (χ3v) is 2.91. The Balaban J connectivity index is 3.84. The summed E-state index contributed by atoms with van der Waals surface area (Å²) in [5.41, 5.74) is -0.891. The van der Waals surface area contributed by atoms with E-state index in [1.807, 2.05) is 0 Å². The molecular weight excluding hydrogens is 236 g/mol. The number of sulfone groups is 1. The summed E-state index contributed by atoms with van der Waals surface area (Å²) in [6.45, 7) is 0.808. The fraction of sp³-hybridized carbons (Fsp3) is 0.250. The van der Waals surface area contributed by atoms with Crippen molar-refractivity contribution in [3.63, 3.8) is 0 Å². The second-order valence-corrected chi connectivity index (χ2v) is 4.93. The highest BCUT2D eigenvalue weighted by molar-refractivity contribution is 7.90. The largest absolute Gasteiger partial charge is 0.224 e. The van der Waals surface area contributed by atoms with E-state index in [9.17, 15) is 26.0 Å². The van der Waals surface area contributed by atoms with Gasteiger partial charge >= 0.3 is 0 Å². The number of benzene rings is 1. The van der Waals surface area contributed by atoms with Gasteiger partial charge in [0.15, 0.2) is 33.1 Å². The molecule has 0 aromatic heterocycles. The molecule has 0 unspecified atom stereocenters. The van der Waals surface area contributed by atoms with Crippen LogP contribution in [0, 0.1) is 30.2 Å². The third-order valence-electron chi connectivity index (χ3n) is 1.81. The van der Waals surface area contributed by atoms with Gasteiger partial charge in [-0.3, -0.25) is 0 Å². The van der Waals surface area contributed by atoms with Gasteiger partial charge in [0, 0.05) is 11.8 Å². The highest BCUT2D eigenvalue weighted by Gasteiger charge is 2.28. The molecule has 0 radical (unpaired) electrons. The van der Waals surface area contributed by atoms with Crippen molar-refractivity contribution in [3.8, 4) is 0 Å². The number of rotatable bonds is 1. The zero-order valence-electron chi connectivity index (χ0n) is 7.74. The first-order chi connectivity index (χ1) is 6.68. The summed E-state index contributed by atoms with van der Waals surface area (Å²) >= 11 is 0. The summed E-state index contributed by atoms with van der Waals surface area (Å²) in [6.07, 6.45) is 0.461. The van der Waals surface area contributed by atoms with Crippen molar-refractivity contribution in [3.05, 3.63) is 28.8 Å². The van der Waals surface area contributed by atoms with E-state index in [0.717, 1.165) is 6.92 Å². The van der Waals surface area contributed by atoms with Crippen LogP contribution in [0.4, 0.5) is 17.6 Å². The van der Waals surface area contributed by atoms with Gasteiger partial charge in [0.25, 0.3) is 0 Å². The SMILES string of the molecule is Cc1c(F)c(F)c(S(C)(=O)=O)c(F)c1F. The molecule has 1 aromatic carbocycles. The zero-order chi connectivity index (χ0) is 12.0. The first-order valence-corrected chi connectivity index (χ1v) is 5.59. The third kappa shape index (κ3) is 1.83. The van der Waals surface area contributed by atoms with E-state index in [-0.39, 0.29) is 0 Å². The highest BCUT2D eigenvalue weighted by atomic mass is 32.2. The Kier molecular flexibility index (Phi) is 2.77. The van der Waals surface area contributed by atoms with E-state index in [4.69, 9.17) is 0 Å². The van der Waals surface area contributed by atoms with Gasteiger partial charge in [-0.1, -0.05) is 0 Å². The Labute approximate surface area is 83.4 Å². The smallest absolute Gasteiger partial charge is 0.181 e. The second-order valence-electron chi connectivity index (χ2n) is 2.98. The molecule has 0 bridgehead atoms. The average molecular weight is 242 g/mol. The van der Waals surface area contributed by atoms with Crippen LogP contribution in [0.1, 0.15) is 5.56 Å². The molecule has 0 aliphatic heterocycles. The summed E-state index contributed by atoms with van der Waals surface area (Å²) in [5, 5.41) is 0. The summed E-state index contributed by atoms with van der Waals surface area (Å²) in [4.78, 5) is -1.58. The van der Waals surface area contributed by atoms with Crippen LogP contribution in [0.2, 0.25) is 0 Å². The van der Waals surface area contributed by atoms with E-state index in [1.54, 1.807) is 0 Å². The molecule has 7 heteroatoms. The standard InChI is InChI=1S/C8H6F4O2S/c1-3-4(9)6(11)8(15(2,13)14)7(12)5(3)10/h1-2H3. The zero-order valence-corrected chi connectivity index (χ0v) is 8.55. The highest BCUT2D eigenvalue weighted by Crippen LogP contribution is 2.26. The van der Waals surface area contributed by atoms with Gasteiger partial charge < -0.3 is 0 Å². The van der Waals surface area contributed by atoms with Gasteiger partial charge in [-0.2, -0.15) is 0 Å². The van der Waals surface area contributed by atoms with E-state index >= 15 is 0 Å². The Hall–Kier alpha value is -1.11. The lowest BCUT2D eigenvalue weighted by atomic mass is 10.2. The number of halogens is 4. The number of hydrogen-bond donors (Lipinski definition) is 0. The minimum atomic E-state index is -4.36. The lowest BCUT2D eigenvalue weighted by molar-refractivity contribution is 0.412. The minimum absolute atomic E-state index is 0.461. The number of hydrogen-bond acceptors (Lipinski definition) is 2. The normalized spacial score (nSPS) is 11.9. The fourth-order valence-corrected chi connectivity index (χ4v) is 1.88. The van der Waals surface area contributed by atoms with Crippen LogP contribution in [-0.2, 0) is 9.84 Å². The molecule has 0 aliphatic rings. The Morgan fingerprint density at radius 1 is 0.867 bits per heavy atom. The van der Waals surface area contributed by atoms with Gasteiger partial charge in [-0.15, -0.1) is 0 Å². The molecule has 15 heavy (non-hydrogen) atoms. The van der Waals surface area contributed by atoms with Crippen LogP contribution in [0.25, 0.3) is 0 Å². The molecule has 1 aromatic rings. The molecule has 0 saturated carbocycles. The lowest BCUT2D eigenvalue weighted by Crippen LogP contribution is -2.10. The van der Waals surface area contributed by atoms with Crippen LogP contribution >= 0.6 is 0 Å².